The molecule has 0 fully saturated rings. The molecule has 0 aliphatic carbocycles. The number of ether oxygens (including phenoxy) is 1. The van der Waals surface area contributed by atoms with Crippen molar-refractivity contribution < 1.29 is 24.3 Å². The molecule has 4 aromatic rings. The molecule has 12 heteroatoms. The van der Waals surface area contributed by atoms with E-state index in [9.17, 15) is 19.7 Å². The lowest BCUT2D eigenvalue weighted by Gasteiger charge is -2.33. The number of nitrogens with one attached hydrogen (secondary N) is 1. The molecule has 1 amide bonds. The Labute approximate surface area is 255 Å². The number of H-pyrrole nitrogens is 1. The zero-order chi connectivity index (χ0) is 31.5. The highest BCUT2D eigenvalue weighted by molar-refractivity contribution is 5.85. The van der Waals surface area contributed by atoms with E-state index in [2.05, 4.69) is 25.5 Å². The fourth-order valence-electron chi connectivity index (χ4n) is 4.96. The van der Waals surface area contributed by atoms with Crippen LogP contribution >= 0.6 is 0 Å². The number of carbonyl (C=O) groups is 2. The molecular formula is C32H36N6O6. The molecular weight excluding hydrogens is 564 g/mol. The lowest BCUT2D eigenvalue weighted by molar-refractivity contribution is -0.763. The summed E-state index contributed by atoms with van der Waals surface area (Å²) in [5.74, 6) is -0.417. The van der Waals surface area contributed by atoms with Gasteiger partial charge in [-0.1, -0.05) is 100.0 Å². The van der Waals surface area contributed by atoms with Crippen LogP contribution in [0.5, 0.6) is 0 Å². The van der Waals surface area contributed by atoms with E-state index in [1.165, 1.54) is 0 Å². The first kappa shape index (κ1) is 31.8. The van der Waals surface area contributed by atoms with Crippen LogP contribution in [0.4, 0.5) is 0 Å². The summed E-state index contributed by atoms with van der Waals surface area (Å²) in [6, 6.07) is 21.6. The zero-order valence-electron chi connectivity index (χ0n) is 25.0. The topological polar surface area (TPSA) is 153 Å². The first-order valence-corrected chi connectivity index (χ1v) is 14.5. The van der Waals surface area contributed by atoms with Crippen molar-refractivity contribution >= 4 is 11.9 Å². The van der Waals surface area contributed by atoms with Crippen molar-refractivity contribution in [3.05, 3.63) is 99.6 Å². The first-order chi connectivity index (χ1) is 21.3. The predicted octanol–water partition coefficient (Wildman–Crippen LogP) is 5.53. The molecule has 0 bridgehead atoms. The van der Waals surface area contributed by atoms with Gasteiger partial charge in [-0.3, -0.25) is 4.79 Å². The van der Waals surface area contributed by atoms with Crippen molar-refractivity contribution in [1.82, 2.24) is 25.5 Å². The molecule has 0 aliphatic heterocycles. The molecule has 12 nitrogen and oxygen atoms in total. The number of aromatic amines is 1. The minimum atomic E-state index is -0.864. The van der Waals surface area contributed by atoms with Gasteiger partial charge in [0.2, 0.25) is 11.7 Å². The number of carbonyl (C=O) groups excluding carboxylic acids is 2. The molecule has 0 unspecified atom stereocenters. The molecule has 1 N–H and O–H groups in total. The Morgan fingerprint density at radius 3 is 2.23 bits per heavy atom. The molecule has 1 aromatic heterocycles. The van der Waals surface area contributed by atoms with Gasteiger partial charge in [0.05, 0.1) is 0 Å². The summed E-state index contributed by atoms with van der Waals surface area (Å²) in [6.07, 6.45) is 1.85. The molecule has 3 aromatic carbocycles. The minimum Gasteiger partial charge on any atom is -0.459 e. The lowest BCUT2D eigenvalue weighted by Crippen LogP contribution is -2.48. The average Bonchev–Trinajstić information content (AvgIpc) is 3.57. The Balaban J connectivity index is 1.55. The lowest BCUT2D eigenvalue weighted by atomic mass is 9.97. The minimum absolute atomic E-state index is 0.106. The number of hydrogen-bond acceptors (Lipinski definition) is 9. The third-order valence-corrected chi connectivity index (χ3v) is 7.22. The molecule has 1 heterocycles. The van der Waals surface area contributed by atoms with Crippen molar-refractivity contribution in [3.8, 4) is 22.5 Å². The van der Waals surface area contributed by atoms with Gasteiger partial charge in [-0.25, -0.2) is 4.79 Å². The summed E-state index contributed by atoms with van der Waals surface area (Å²) in [5, 5.41) is 24.2. The van der Waals surface area contributed by atoms with Gasteiger partial charge in [-0.2, -0.15) is 5.21 Å². The maximum atomic E-state index is 13.6. The van der Waals surface area contributed by atoms with Crippen LogP contribution in [0.1, 0.15) is 56.7 Å². The summed E-state index contributed by atoms with van der Waals surface area (Å²) < 4.78 is 5.72. The van der Waals surface area contributed by atoms with E-state index in [-0.39, 0.29) is 31.6 Å². The molecule has 1 atom stereocenters. The molecule has 0 saturated carbocycles. The molecule has 230 valence electrons. The van der Waals surface area contributed by atoms with Gasteiger partial charge < -0.3 is 14.5 Å². The fraction of sp³-hybridized carbons (Fsp3) is 0.344. The SMILES string of the molecule is CCCCC(=O)N(Cc1ccc(-c2ccccc2-c2nn[nH]n2)cc1)[C@H](C(=O)OCc1ccccc1CO[N+](=O)[O-])C(C)C. The second kappa shape index (κ2) is 15.4. The van der Waals surface area contributed by atoms with Crippen LogP contribution in [0.25, 0.3) is 22.5 Å². The van der Waals surface area contributed by atoms with Crippen molar-refractivity contribution in [2.24, 2.45) is 5.92 Å². The van der Waals surface area contributed by atoms with Gasteiger partial charge in [0.25, 0.3) is 5.09 Å². The highest BCUT2D eigenvalue weighted by Gasteiger charge is 2.33. The van der Waals surface area contributed by atoms with Gasteiger partial charge in [0, 0.05) is 18.5 Å². The Morgan fingerprint density at radius 1 is 0.955 bits per heavy atom. The van der Waals surface area contributed by atoms with E-state index in [4.69, 9.17) is 4.74 Å². The Kier molecular flexibility index (Phi) is 11.1. The number of rotatable bonds is 15. The number of amides is 1. The first-order valence-electron chi connectivity index (χ1n) is 14.5. The Morgan fingerprint density at radius 2 is 1.61 bits per heavy atom. The highest BCUT2D eigenvalue weighted by Crippen LogP contribution is 2.30. The van der Waals surface area contributed by atoms with Crippen molar-refractivity contribution in [2.75, 3.05) is 0 Å². The van der Waals surface area contributed by atoms with Gasteiger partial charge in [0.15, 0.2) is 0 Å². The van der Waals surface area contributed by atoms with Gasteiger partial charge >= 0.3 is 5.97 Å². The van der Waals surface area contributed by atoms with Crippen molar-refractivity contribution in [1.29, 1.82) is 0 Å². The van der Waals surface area contributed by atoms with E-state index in [0.717, 1.165) is 28.7 Å². The summed E-state index contributed by atoms with van der Waals surface area (Å²) in [5.41, 5.74) is 4.69. The van der Waals surface area contributed by atoms with Crippen LogP contribution in [0, 0.1) is 16.0 Å². The number of benzene rings is 3. The molecule has 44 heavy (non-hydrogen) atoms. The molecule has 4 rings (SSSR count). The van der Waals surface area contributed by atoms with E-state index >= 15 is 0 Å². The Hall–Kier alpha value is -5.13. The van der Waals surface area contributed by atoms with Crippen LogP contribution in [-0.2, 0) is 38.9 Å². The van der Waals surface area contributed by atoms with Gasteiger partial charge in [-0.15, -0.1) is 20.3 Å². The van der Waals surface area contributed by atoms with E-state index in [0.29, 0.717) is 29.8 Å². The molecule has 0 saturated heterocycles. The second-order valence-corrected chi connectivity index (χ2v) is 10.7. The Bertz CT molecular complexity index is 1540. The van der Waals surface area contributed by atoms with Crippen LogP contribution < -0.4 is 0 Å². The average molecular weight is 601 g/mol. The standard InChI is InChI=1S/C32H36N6O6/c1-4-5-14-29(39)37(30(22(2)3)32(40)43-20-25-10-6-7-11-26(25)21-44-38(41)42)19-23-15-17-24(18-16-23)27-12-8-9-13-28(27)31-33-35-36-34-31/h6-13,15-18,22,30H,4-5,14,19-21H2,1-3H3,(H,33,34,35,36)/t30-/m0/s1. The maximum absolute atomic E-state index is 13.6. The third-order valence-electron chi connectivity index (χ3n) is 7.22. The summed E-state index contributed by atoms with van der Waals surface area (Å²) in [4.78, 5) is 43.9. The van der Waals surface area contributed by atoms with Crippen LogP contribution in [0.2, 0.25) is 0 Å². The largest absolute Gasteiger partial charge is 0.459 e. The number of unbranched alkanes of at least 4 members (excludes halogenated alkanes) is 1. The maximum Gasteiger partial charge on any atom is 0.329 e. The van der Waals surface area contributed by atoms with Crippen LogP contribution in [-0.4, -0.2) is 48.5 Å². The van der Waals surface area contributed by atoms with Crippen molar-refractivity contribution in [2.45, 2.75) is 65.8 Å². The van der Waals surface area contributed by atoms with Gasteiger partial charge in [0.1, 0.15) is 19.3 Å². The monoisotopic (exact) mass is 600 g/mol. The zero-order valence-corrected chi connectivity index (χ0v) is 25.0. The summed E-state index contributed by atoms with van der Waals surface area (Å²) in [7, 11) is 0. The van der Waals surface area contributed by atoms with E-state index < -0.39 is 17.1 Å². The normalized spacial score (nSPS) is 11.6. The third kappa shape index (κ3) is 8.24. The highest BCUT2D eigenvalue weighted by atomic mass is 16.9. The quantitative estimate of drug-likeness (QED) is 0.105. The van der Waals surface area contributed by atoms with Crippen molar-refractivity contribution in [3.63, 3.8) is 0 Å². The molecule has 0 aliphatic rings. The smallest absolute Gasteiger partial charge is 0.329 e. The predicted molar refractivity (Wildman–Crippen MR) is 162 cm³/mol. The van der Waals surface area contributed by atoms with Crippen LogP contribution in [0.3, 0.4) is 0 Å². The van der Waals surface area contributed by atoms with Gasteiger partial charge in [-0.05, 0) is 45.4 Å². The number of esters is 1. The summed E-state index contributed by atoms with van der Waals surface area (Å²) >= 11 is 0. The number of hydrogen-bond donors (Lipinski definition) is 1. The van der Waals surface area contributed by atoms with E-state index in [1.807, 2.05) is 69.3 Å². The summed E-state index contributed by atoms with van der Waals surface area (Å²) in [6.45, 7) is 5.62. The molecule has 0 radical (unpaired) electrons. The van der Waals surface area contributed by atoms with E-state index in [1.54, 1.807) is 29.2 Å². The second-order valence-electron chi connectivity index (χ2n) is 10.7. The fourth-order valence-corrected chi connectivity index (χ4v) is 4.96. The number of aromatic nitrogens is 4. The molecule has 0 spiro atoms. The van der Waals surface area contributed by atoms with Crippen LogP contribution in [0.15, 0.2) is 72.8 Å². The number of nitrogens with zero attached hydrogens (tertiary/aromatic N) is 5. The number of tetrazole rings is 1.